The van der Waals surface area contributed by atoms with Crippen LogP contribution in [0.4, 0.5) is 5.69 Å². The standard InChI is InChI=1S/C23H31ClN2O3S/c1-17(2)16-21(19-10-6-5-7-11-19)25-23(27)14-9-15-26(30(4,28)29)22-13-8-12-20(24)18(22)3/h5-8,10-13,17,21H,9,14-16H2,1-4H3,(H,25,27)/t21-/m1/s1. The molecule has 0 aliphatic rings. The summed E-state index contributed by atoms with van der Waals surface area (Å²) in [5, 5.41) is 3.62. The highest BCUT2D eigenvalue weighted by molar-refractivity contribution is 7.92. The lowest BCUT2D eigenvalue weighted by Crippen LogP contribution is -2.33. The number of nitrogens with one attached hydrogen (secondary N) is 1. The number of sulfonamides is 1. The molecule has 0 saturated carbocycles. The van der Waals surface area contributed by atoms with Gasteiger partial charge in [0.05, 0.1) is 18.0 Å². The molecule has 0 heterocycles. The van der Waals surface area contributed by atoms with E-state index in [-0.39, 0.29) is 24.9 Å². The number of rotatable bonds is 10. The number of benzene rings is 2. The summed E-state index contributed by atoms with van der Waals surface area (Å²) in [6.45, 7) is 6.26. The molecule has 0 aliphatic carbocycles. The summed E-state index contributed by atoms with van der Waals surface area (Å²) in [7, 11) is -3.49. The lowest BCUT2D eigenvalue weighted by molar-refractivity contribution is -0.122. The van der Waals surface area contributed by atoms with E-state index in [0.29, 0.717) is 28.6 Å². The Kier molecular flexibility index (Phi) is 8.74. The third kappa shape index (κ3) is 7.03. The van der Waals surface area contributed by atoms with Crippen LogP contribution in [0.5, 0.6) is 0 Å². The minimum Gasteiger partial charge on any atom is -0.349 e. The summed E-state index contributed by atoms with van der Waals surface area (Å²) in [5.41, 5.74) is 2.33. The van der Waals surface area contributed by atoms with E-state index in [9.17, 15) is 13.2 Å². The summed E-state index contributed by atoms with van der Waals surface area (Å²) in [6, 6.07) is 15.0. The second-order valence-electron chi connectivity index (χ2n) is 7.98. The van der Waals surface area contributed by atoms with Gasteiger partial charge in [0.25, 0.3) is 0 Å². The van der Waals surface area contributed by atoms with E-state index in [1.54, 1.807) is 25.1 Å². The molecule has 0 unspecified atom stereocenters. The molecule has 2 aromatic rings. The maximum atomic E-state index is 12.6. The number of amides is 1. The van der Waals surface area contributed by atoms with E-state index in [1.807, 2.05) is 30.3 Å². The fourth-order valence-corrected chi connectivity index (χ4v) is 4.60. The van der Waals surface area contributed by atoms with Crippen molar-refractivity contribution in [2.75, 3.05) is 17.1 Å². The van der Waals surface area contributed by atoms with Crippen molar-refractivity contribution in [3.63, 3.8) is 0 Å². The minimum atomic E-state index is -3.49. The first-order valence-corrected chi connectivity index (χ1v) is 12.4. The third-order valence-electron chi connectivity index (χ3n) is 4.92. The lowest BCUT2D eigenvalue weighted by Gasteiger charge is -2.25. The SMILES string of the molecule is Cc1c(Cl)cccc1N(CCCC(=O)N[C@H](CC(C)C)c1ccccc1)S(C)(=O)=O. The highest BCUT2D eigenvalue weighted by Crippen LogP contribution is 2.28. The Labute approximate surface area is 185 Å². The van der Waals surface area contributed by atoms with Gasteiger partial charge in [0, 0.05) is 18.0 Å². The maximum Gasteiger partial charge on any atom is 0.232 e. The molecular formula is C23H31ClN2O3S. The Morgan fingerprint density at radius 2 is 1.77 bits per heavy atom. The highest BCUT2D eigenvalue weighted by Gasteiger charge is 2.21. The zero-order valence-electron chi connectivity index (χ0n) is 18.1. The van der Waals surface area contributed by atoms with Crippen LogP contribution in [-0.4, -0.2) is 27.1 Å². The summed E-state index contributed by atoms with van der Waals surface area (Å²) < 4.78 is 26.0. The normalized spacial score (nSPS) is 12.6. The summed E-state index contributed by atoms with van der Waals surface area (Å²) in [4.78, 5) is 12.6. The predicted octanol–water partition coefficient (Wildman–Crippen LogP) is 5.10. The monoisotopic (exact) mass is 450 g/mol. The van der Waals surface area contributed by atoms with Crippen LogP contribution < -0.4 is 9.62 Å². The summed E-state index contributed by atoms with van der Waals surface area (Å²) in [6.07, 6.45) is 2.66. The average molecular weight is 451 g/mol. The van der Waals surface area contributed by atoms with Gasteiger partial charge in [0.15, 0.2) is 0 Å². The second kappa shape index (κ2) is 10.8. The topological polar surface area (TPSA) is 66.5 Å². The van der Waals surface area contributed by atoms with Gasteiger partial charge in [0.1, 0.15) is 0 Å². The fourth-order valence-electron chi connectivity index (χ4n) is 3.42. The number of carbonyl (C=O) groups excluding carboxylic acids is 1. The number of halogens is 1. The molecule has 1 amide bonds. The quantitative estimate of drug-likeness (QED) is 0.547. The number of nitrogens with zero attached hydrogens (tertiary/aromatic N) is 1. The first kappa shape index (κ1) is 24.2. The van der Waals surface area contributed by atoms with E-state index in [4.69, 9.17) is 11.6 Å². The van der Waals surface area contributed by atoms with Gasteiger partial charge < -0.3 is 5.32 Å². The number of anilines is 1. The molecule has 164 valence electrons. The Morgan fingerprint density at radius 3 is 2.37 bits per heavy atom. The van der Waals surface area contributed by atoms with Crippen LogP contribution in [0.15, 0.2) is 48.5 Å². The van der Waals surface area contributed by atoms with Gasteiger partial charge in [-0.15, -0.1) is 0 Å². The molecule has 0 bridgehead atoms. The highest BCUT2D eigenvalue weighted by atomic mass is 35.5. The van der Waals surface area contributed by atoms with E-state index in [1.165, 1.54) is 10.6 Å². The van der Waals surface area contributed by atoms with Crippen molar-refractivity contribution in [2.24, 2.45) is 5.92 Å². The van der Waals surface area contributed by atoms with E-state index in [0.717, 1.165) is 12.0 Å². The van der Waals surface area contributed by atoms with Crippen LogP contribution in [0.1, 0.15) is 50.3 Å². The molecule has 30 heavy (non-hydrogen) atoms. The van der Waals surface area contributed by atoms with Gasteiger partial charge >= 0.3 is 0 Å². The summed E-state index contributed by atoms with van der Waals surface area (Å²) >= 11 is 6.16. The van der Waals surface area contributed by atoms with Crippen LogP contribution in [0.2, 0.25) is 5.02 Å². The molecule has 0 aromatic heterocycles. The molecule has 0 saturated heterocycles. The largest absolute Gasteiger partial charge is 0.349 e. The van der Waals surface area contributed by atoms with Crippen molar-refractivity contribution in [1.82, 2.24) is 5.32 Å². The first-order chi connectivity index (χ1) is 14.1. The molecule has 1 N–H and O–H groups in total. The van der Waals surface area contributed by atoms with E-state index < -0.39 is 10.0 Å². The van der Waals surface area contributed by atoms with Crippen LogP contribution in [0.3, 0.4) is 0 Å². The Morgan fingerprint density at radius 1 is 1.10 bits per heavy atom. The van der Waals surface area contributed by atoms with Crippen LogP contribution >= 0.6 is 11.6 Å². The molecular weight excluding hydrogens is 420 g/mol. The van der Waals surface area contributed by atoms with Crippen molar-refractivity contribution in [3.8, 4) is 0 Å². The number of hydrogen-bond donors (Lipinski definition) is 1. The zero-order valence-corrected chi connectivity index (χ0v) is 19.6. The Balaban J connectivity index is 2.03. The smallest absolute Gasteiger partial charge is 0.232 e. The lowest BCUT2D eigenvalue weighted by atomic mass is 9.97. The first-order valence-electron chi connectivity index (χ1n) is 10.2. The van der Waals surface area contributed by atoms with Crippen LogP contribution in [-0.2, 0) is 14.8 Å². The minimum absolute atomic E-state index is 0.0557. The van der Waals surface area contributed by atoms with Crippen molar-refractivity contribution in [2.45, 2.75) is 46.1 Å². The molecule has 0 spiro atoms. The van der Waals surface area contributed by atoms with Crippen LogP contribution in [0, 0.1) is 12.8 Å². The van der Waals surface area contributed by atoms with Gasteiger partial charge in [-0.1, -0.05) is 61.8 Å². The maximum absolute atomic E-state index is 12.6. The Hall–Kier alpha value is -2.05. The fraction of sp³-hybridized carbons (Fsp3) is 0.435. The Bertz CT molecular complexity index is 946. The van der Waals surface area contributed by atoms with Gasteiger partial charge in [-0.25, -0.2) is 8.42 Å². The molecule has 5 nitrogen and oxygen atoms in total. The molecule has 2 aromatic carbocycles. The van der Waals surface area contributed by atoms with Crippen molar-refractivity contribution in [3.05, 3.63) is 64.7 Å². The van der Waals surface area contributed by atoms with Gasteiger partial charge in [-0.05, 0) is 48.9 Å². The number of carbonyl (C=O) groups is 1. The van der Waals surface area contributed by atoms with Crippen molar-refractivity contribution >= 4 is 33.2 Å². The predicted molar refractivity (Wildman–Crippen MR) is 124 cm³/mol. The zero-order chi connectivity index (χ0) is 22.3. The van der Waals surface area contributed by atoms with E-state index >= 15 is 0 Å². The second-order valence-corrected chi connectivity index (χ2v) is 10.3. The molecule has 0 radical (unpaired) electrons. The third-order valence-corrected chi connectivity index (χ3v) is 6.51. The molecule has 1 atom stereocenters. The molecule has 0 aliphatic heterocycles. The summed E-state index contributed by atoms with van der Waals surface area (Å²) in [5.74, 6) is 0.350. The molecule has 7 heteroatoms. The van der Waals surface area contributed by atoms with Crippen molar-refractivity contribution < 1.29 is 13.2 Å². The average Bonchev–Trinajstić information content (AvgIpc) is 2.67. The van der Waals surface area contributed by atoms with Crippen LogP contribution in [0.25, 0.3) is 0 Å². The van der Waals surface area contributed by atoms with E-state index in [2.05, 4.69) is 19.2 Å². The van der Waals surface area contributed by atoms with Crippen molar-refractivity contribution in [1.29, 1.82) is 0 Å². The van der Waals surface area contributed by atoms with Gasteiger partial charge in [0.2, 0.25) is 15.9 Å². The van der Waals surface area contributed by atoms with Gasteiger partial charge in [-0.2, -0.15) is 0 Å². The molecule has 0 fully saturated rings. The number of hydrogen-bond acceptors (Lipinski definition) is 3. The molecule has 2 rings (SSSR count). The van der Waals surface area contributed by atoms with Gasteiger partial charge in [-0.3, -0.25) is 9.10 Å².